The Morgan fingerprint density at radius 1 is 1.25 bits per heavy atom. The van der Waals surface area contributed by atoms with Crippen molar-refractivity contribution in [2.45, 2.75) is 0 Å². The molecule has 0 saturated carbocycles. The molecule has 0 aromatic carbocycles. The molecule has 1 rings (SSSR count). The van der Waals surface area contributed by atoms with Gasteiger partial charge >= 0.3 is 0 Å². The van der Waals surface area contributed by atoms with Crippen molar-refractivity contribution >= 4 is 0 Å². The van der Waals surface area contributed by atoms with Crippen LogP contribution < -0.4 is 5.32 Å². The summed E-state index contributed by atoms with van der Waals surface area (Å²) in [5.41, 5.74) is 0. The second-order valence-electron chi connectivity index (χ2n) is 1.51. The van der Waals surface area contributed by atoms with Crippen LogP contribution >= 0.6 is 0 Å². The van der Waals surface area contributed by atoms with Crippen LogP contribution in [0, 0.1) is 0 Å². The van der Waals surface area contributed by atoms with Gasteiger partial charge in [-0.2, -0.15) is 0 Å². The van der Waals surface area contributed by atoms with Crippen molar-refractivity contribution < 1.29 is 4.74 Å². The van der Waals surface area contributed by atoms with E-state index in [4.69, 9.17) is 4.74 Å². The van der Waals surface area contributed by atoms with Crippen LogP contribution in [0.25, 0.3) is 0 Å². The quantitative estimate of drug-likeness (QED) is 0.462. The van der Waals surface area contributed by atoms with Gasteiger partial charge in [0.1, 0.15) is 0 Å². The van der Waals surface area contributed by atoms with E-state index in [1.54, 1.807) is 0 Å². The van der Waals surface area contributed by atoms with E-state index in [0.29, 0.717) is 0 Å². The maximum absolute atomic E-state index is 4.83. The average molecular weight is 115 g/mol. The Labute approximate surface area is 50.5 Å². The molecule has 0 bridgehead atoms. The molecule has 0 spiro atoms. The highest BCUT2D eigenvalue weighted by atomic mass is 16.5. The molecule has 0 fully saturated rings. The van der Waals surface area contributed by atoms with Gasteiger partial charge in [0.25, 0.3) is 0 Å². The highest BCUT2D eigenvalue weighted by Crippen LogP contribution is 1.85. The molecule has 48 valence electrons. The van der Waals surface area contributed by atoms with Crippen LogP contribution in [-0.4, -0.2) is 27.3 Å². The van der Waals surface area contributed by atoms with Crippen LogP contribution in [-0.2, 0) is 4.74 Å². The summed E-state index contributed by atoms with van der Waals surface area (Å²) >= 11 is 0. The van der Waals surface area contributed by atoms with Crippen molar-refractivity contribution in [1.82, 2.24) is 5.32 Å². The van der Waals surface area contributed by atoms with Gasteiger partial charge in [0.05, 0.1) is 13.2 Å². The molecule has 0 atom stereocenters. The van der Waals surface area contributed by atoms with E-state index >= 15 is 0 Å². The van der Waals surface area contributed by atoms with Crippen molar-refractivity contribution in [3.8, 4) is 0 Å². The number of ether oxygens (including phenoxy) is 1. The van der Waals surface area contributed by atoms with E-state index in [0.717, 1.165) is 13.2 Å². The lowest BCUT2D eigenvalue weighted by Crippen LogP contribution is -1.89. The Bertz CT molecular complexity index is 55.5. The second kappa shape index (κ2) is 6.66. The van der Waals surface area contributed by atoms with Gasteiger partial charge in [0, 0.05) is 0 Å². The van der Waals surface area contributed by atoms with Gasteiger partial charge in [-0.25, -0.2) is 0 Å². The molecule has 1 heterocycles. The van der Waals surface area contributed by atoms with Crippen LogP contribution in [0.2, 0.25) is 0 Å². The van der Waals surface area contributed by atoms with Crippen molar-refractivity contribution in [2.75, 3.05) is 27.3 Å². The molecule has 2 heteroatoms. The zero-order valence-corrected chi connectivity index (χ0v) is 5.48. The van der Waals surface area contributed by atoms with Crippen molar-refractivity contribution in [3.05, 3.63) is 12.2 Å². The van der Waals surface area contributed by atoms with Crippen LogP contribution in [0.15, 0.2) is 12.2 Å². The van der Waals surface area contributed by atoms with Gasteiger partial charge in [0.2, 0.25) is 0 Å². The molecular formula is C6H13NO. The molecular weight excluding hydrogens is 102 g/mol. The normalized spacial score (nSPS) is 15.2. The molecule has 0 aromatic heterocycles. The summed E-state index contributed by atoms with van der Waals surface area (Å²) in [4.78, 5) is 0. The molecule has 1 aliphatic heterocycles. The minimum Gasteiger partial charge on any atom is -0.373 e. The molecule has 1 N–H and O–H groups in total. The van der Waals surface area contributed by atoms with E-state index in [-0.39, 0.29) is 0 Å². The Morgan fingerprint density at radius 2 is 1.62 bits per heavy atom. The molecule has 2 nitrogen and oxygen atoms in total. The van der Waals surface area contributed by atoms with E-state index in [1.165, 1.54) is 0 Å². The SMILES string of the molecule is C1=CCOC1.CNC. The van der Waals surface area contributed by atoms with Crippen LogP contribution in [0.3, 0.4) is 0 Å². The summed E-state index contributed by atoms with van der Waals surface area (Å²) in [5, 5.41) is 2.75. The third-order valence-corrected chi connectivity index (χ3v) is 0.595. The fourth-order valence-electron chi connectivity index (χ4n) is 0.340. The van der Waals surface area contributed by atoms with Gasteiger partial charge in [-0.1, -0.05) is 12.2 Å². The van der Waals surface area contributed by atoms with Gasteiger partial charge in [0.15, 0.2) is 0 Å². The largest absolute Gasteiger partial charge is 0.373 e. The highest BCUT2D eigenvalue weighted by molar-refractivity contribution is 4.86. The molecule has 8 heavy (non-hydrogen) atoms. The fraction of sp³-hybridized carbons (Fsp3) is 0.667. The van der Waals surface area contributed by atoms with E-state index < -0.39 is 0 Å². The fourth-order valence-corrected chi connectivity index (χ4v) is 0.340. The van der Waals surface area contributed by atoms with Crippen LogP contribution in [0.4, 0.5) is 0 Å². The van der Waals surface area contributed by atoms with Crippen LogP contribution in [0.1, 0.15) is 0 Å². The molecule has 0 aliphatic carbocycles. The molecule has 0 unspecified atom stereocenters. The van der Waals surface area contributed by atoms with Crippen molar-refractivity contribution in [3.63, 3.8) is 0 Å². The number of rotatable bonds is 0. The summed E-state index contributed by atoms with van der Waals surface area (Å²) in [6, 6.07) is 0. The topological polar surface area (TPSA) is 21.3 Å². The van der Waals surface area contributed by atoms with Gasteiger partial charge < -0.3 is 10.1 Å². The Balaban J connectivity index is 0.000000145. The van der Waals surface area contributed by atoms with E-state index in [2.05, 4.69) is 5.32 Å². The first-order valence-corrected chi connectivity index (χ1v) is 2.73. The molecule has 0 aromatic rings. The lowest BCUT2D eigenvalue weighted by atomic mass is 10.6. The number of hydrogen-bond donors (Lipinski definition) is 1. The summed E-state index contributed by atoms with van der Waals surface area (Å²) < 4.78 is 4.83. The van der Waals surface area contributed by atoms with E-state index in [9.17, 15) is 0 Å². The Hall–Kier alpha value is -0.340. The lowest BCUT2D eigenvalue weighted by molar-refractivity contribution is 0.213. The monoisotopic (exact) mass is 115 g/mol. The zero-order chi connectivity index (χ0) is 6.24. The minimum atomic E-state index is 0.819. The van der Waals surface area contributed by atoms with Gasteiger partial charge in [-0.05, 0) is 14.1 Å². The first kappa shape index (κ1) is 7.66. The standard InChI is InChI=1S/C4H6O.C2H7N/c1-2-4-5-3-1;1-3-2/h1-2H,3-4H2;3H,1-2H3. The van der Waals surface area contributed by atoms with Gasteiger partial charge in [-0.15, -0.1) is 0 Å². The molecule has 0 saturated heterocycles. The molecule has 1 aliphatic rings. The first-order valence-electron chi connectivity index (χ1n) is 2.73. The summed E-state index contributed by atoms with van der Waals surface area (Å²) in [7, 11) is 3.75. The number of hydrogen-bond acceptors (Lipinski definition) is 2. The second-order valence-corrected chi connectivity index (χ2v) is 1.51. The number of nitrogens with one attached hydrogen (secondary N) is 1. The third kappa shape index (κ3) is 5.66. The maximum Gasteiger partial charge on any atom is 0.0652 e. The Kier molecular flexibility index (Phi) is 6.38. The first-order chi connectivity index (χ1) is 3.91. The van der Waals surface area contributed by atoms with E-state index in [1.807, 2.05) is 26.2 Å². The maximum atomic E-state index is 4.83. The average Bonchev–Trinajstić information content (AvgIpc) is 2.17. The van der Waals surface area contributed by atoms with Crippen molar-refractivity contribution in [2.24, 2.45) is 0 Å². The molecule has 0 amide bonds. The highest BCUT2D eigenvalue weighted by Gasteiger charge is 1.83. The smallest absolute Gasteiger partial charge is 0.0652 e. The Morgan fingerprint density at radius 3 is 1.75 bits per heavy atom. The summed E-state index contributed by atoms with van der Waals surface area (Å²) in [6.07, 6.45) is 4.03. The zero-order valence-electron chi connectivity index (χ0n) is 5.48. The summed E-state index contributed by atoms with van der Waals surface area (Å²) in [6.45, 7) is 1.64. The van der Waals surface area contributed by atoms with Crippen LogP contribution in [0.5, 0.6) is 0 Å². The minimum absolute atomic E-state index is 0.819. The summed E-state index contributed by atoms with van der Waals surface area (Å²) in [5.74, 6) is 0. The molecule has 0 radical (unpaired) electrons. The predicted octanol–water partition coefficient (Wildman–Crippen LogP) is 0.408. The van der Waals surface area contributed by atoms with Crippen molar-refractivity contribution in [1.29, 1.82) is 0 Å². The van der Waals surface area contributed by atoms with Gasteiger partial charge in [-0.3, -0.25) is 0 Å². The third-order valence-electron chi connectivity index (χ3n) is 0.595. The lowest BCUT2D eigenvalue weighted by Gasteiger charge is -1.77. The predicted molar refractivity (Wildman–Crippen MR) is 34.9 cm³/mol.